The molecule has 2 rings (SSSR count). The van der Waals surface area contributed by atoms with E-state index in [0.29, 0.717) is 16.6 Å². The summed E-state index contributed by atoms with van der Waals surface area (Å²) in [5.74, 6) is -0.0905. The molecule has 98 valence electrons. The van der Waals surface area contributed by atoms with Crippen molar-refractivity contribution >= 4 is 21.8 Å². The van der Waals surface area contributed by atoms with Crippen molar-refractivity contribution < 1.29 is 9.90 Å². The van der Waals surface area contributed by atoms with Gasteiger partial charge < -0.3 is 10.0 Å². The number of phenolic OH excluding ortho intramolecular Hbond substituents is 1. The maximum Gasteiger partial charge on any atom is 0.254 e. The maximum absolute atomic E-state index is 12.2. The number of aromatic hydroxyl groups is 1. The van der Waals surface area contributed by atoms with Crippen molar-refractivity contribution in [2.45, 2.75) is 6.54 Å². The molecule has 1 aromatic carbocycles. The summed E-state index contributed by atoms with van der Waals surface area (Å²) in [6.45, 7) is 0.476. The molecule has 0 fully saturated rings. The molecule has 0 bridgehead atoms. The fourth-order valence-corrected chi connectivity index (χ4v) is 1.95. The molecule has 19 heavy (non-hydrogen) atoms. The van der Waals surface area contributed by atoms with E-state index in [1.165, 1.54) is 6.07 Å². The topological polar surface area (TPSA) is 53.4 Å². The number of phenols is 1. The number of pyridine rings is 1. The Bertz CT molecular complexity index is 587. The van der Waals surface area contributed by atoms with E-state index < -0.39 is 0 Å². The number of rotatable bonds is 3. The highest BCUT2D eigenvalue weighted by atomic mass is 79.9. The van der Waals surface area contributed by atoms with E-state index in [2.05, 4.69) is 20.9 Å². The van der Waals surface area contributed by atoms with Crippen LogP contribution in [0.5, 0.6) is 5.75 Å². The lowest BCUT2D eigenvalue weighted by Crippen LogP contribution is -2.26. The first kappa shape index (κ1) is 13.5. The molecule has 4 nitrogen and oxygen atoms in total. The van der Waals surface area contributed by atoms with Crippen LogP contribution in [0.25, 0.3) is 0 Å². The number of hydrogen-bond donors (Lipinski definition) is 1. The van der Waals surface area contributed by atoms with Gasteiger partial charge in [-0.05, 0) is 45.8 Å². The van der Waals surface area contributed by atoms with Crippen molar-refractivity contribution in [1.82, 2.24) is 9.88 Å². The standard InChI is InChI=1S/C14H13BrN2O2/c1-17(9-10-3-2-6-16-8-10)14(19)11-4-5-12(15)13(18)7-11/h2-8,18H,9H2,1H3. The third kappa shape index (κ3) is 3.32. The minimum Gasteiger partial charge on any atom is -0.507 e. The molecule has 1 N–H and O–H groups in total. The van der Waals surface area contributed by atoms with Gasteiger partial charge in [-0.1, -0.05) is 6.07 Å². The molecule has 0 atom stereocenters. The van der Waals surface area contributed by atoms with E-state index in [9.17, 15) is 9.90 Å². The predicted octanol–water partition coefficient (Wildman–Crippen LogP) is 2.82. The van der Waals surface area contributed by atoms with Crippen LogP contribution in [0.15, 0.2) is 47.2 Å². The Balaban J connectivity index is 2.12. The Morgan fingerprint density at radius 1 is 1.42 bits per heavy atom. The van der Waals surface area contributed by atoms with Crippen LogP contribution in [0.2, 0.25) is 0 Å². The first-order valence-electron chi connectivity index (χ1n) is 5.71. The molecular weight excluding hydrogens is 308 g/mol. The number of carbonyl (C=O) groups excluding carboxylic acids is 1. The number of hydrogen-bond acceptors (Lipinski definition) is 3. The van der Waals surface area contributed by atoms with Crippen molar-refractivity contribution in [1.29, 1.82) is 0 Å². The Morgan fingerprint density at radius 2 is 2.21 bits per heavy atom. The van der Waals surface area contributed by atoms with Crippen molar-refractivity contribution in [2.24, 2.45) is 0 Å². The smallest absolute Gasteiger partial charge is 0.254 e. The summed E-state index contributed by atoms with van der Waals surface area (Å²) in [4.78, 5) is 17.8. The van der Waals surface area contributed by atoms with Crippen LogP contribution in [0.1, 0.15) is 15.9 Å². The van der Waals surface area contributed by atoms with Gasteiger partial charge in [0.25, 0.3) is 5.91 Å². The fraction of sp³-hybridized carbons (Fsp3) is 0.143. The van der Waals surface area contributed by atoms with E-state index in [-0.39, 0.29) is 11.7 Å². The highest BCUT2D eigenvalue weighted by Gasteiger charge is 2.13. The molecule has 0 aliphatic carbocycles. The molecule has 1 aromatic heterocycles. The fourth-order valence-electron chi connectivity index (χ4n) is 1.70. The van der Waals surface area contributed by atoms with Crippen LogP contribution in [0.4, 0.5) is 0 Å². The Labute approximate surface area is 119 Å². The van der Waals surface area contributed by atoms with Crippen molar-refractivity contribution in [3.63, 3.8) is 0 Å². The number of carbonyl (C=O) groups is 1. The van der Waals surface area contributed by atoms with E-state index in [4.69, 9.17) is 0 Å². The summed E-state index contributed by atoms with van der Waals surface area (Å²) in [6.07, 6.45) is 3.42. The predicted molar refractivity (Wildman–Crippen MR) is 75.8 cm³/mol. The number of benzene rings is 1. The lowest BCUT2D eigenvalue weighted by molar-refractivity contribution is 0.0784. The third-order valence-corrected chi connectivity index (χ3v) is 3.35. The van der Waals surface area contributed by atoms with Crippen LogP contribution in [0, 0.1) is 0 Å². The first-order chi connectivity index (χ1) is 9.08. The third-order valence-electron chi connectivity index (χ3n) is 2.68. The second kappa shape index (κ2) is 5.84. The zero-order chi connectivity index (χ0) is 13.8. The van der Waals surface area contributed by atoms with E-state index in [1.807, 2.05) is 12.1 Å². The zero-order valence-electron chi connectivity index (χ0n) is 10.4. The van der Waals surface area contributed by atoms with Gasteiger partial charge in [0.2, 0.25) is 0 Å². The number of aromatic nitrogens is 1. The largest absolute Gasteiger partial charge is 0.507 e. The number of nitrogens with zero attached hydrogens (tertiary/aromatic N) is 2. The minimum absolute atomic E-state index is 0.0561. The first-order valence-corrected chi connectivity index (χ1v) is 6.50. The molecule has 1 amide bonds. The van der Waals surface area contributed by atoms with Gasteiger partial charge in [0.1, 0.15) is 5.75 Å². The lowest BCUT2D eigenvalue weighted by Gasteiger charge is -2.17. The molecule has 2 aromatic rings. The highest BCUT2D eigenvalue weighted by molar-refractivity contribution is 9.10. The van der Waals surface area contributed by atoms with Crippen LogP contribution in [-0.2, 0) is 6.54 Å². The van der Waals surface area contributed by atoms with Crippen LogP contribution >= 0.6 is 15.9 Å². The quantitative estimate of drug-likeness (QED) is 0.946. The second-order valence-corrected chi connectivity index (χ2v) is 5.04. The zero-order valence-corrected chi connectivity index (χ0v) is 12.0. The molecule has 0 aliphatic heterocycles. The summed E-state index contributed by atoms with van der Waals surface area (Å²) in [5, 5.41) is 9.59. The van der Waals surface area contributed by atoms with Crippen molar-refractivity contribution in [3.8, 4) is 5.75 Å². The molecule has 0 aliphatic rings. The Kier molecular flexibility index (Phi) is 4.16. The number of halogens is 1. The molecular formula is C14H13BrN2O2. The van der Waals surface area contributed by atoms with E-state index in [0.717, 1.165) is 5.56 Å². The van der Waals surface area contributed by atoms with Crippen LogP contribution in [-0.4, -0.2) is 27.9 Å². The van der Waals surface area contributed by atoms with Gasteiger partial charge in [-0.25, -0.2) is 0 Å². The van der Waals surface area contributed by atoms with Gasteiger partial charge in [-0.3, -0.25) is 9.78 Å². The molecule has 0 spiro atoms. The van der Waals surface area contributed by atoms with Gasteiger partial charge >= 0.3 is 0 Å². The molecule has 5 heteroatoms. The Hall–Kier alpha value is -1.88. The van der Waals surface area contributed by atoms with Gasteiger partial charge in [-0.15, -0.1) is 0 Å². The average molecular weight is 321 g/mol. The molecule has 0 unspecified atom stereocenters. The molecule has 1 heterocycles. The minimum atomic E-state index is -0.147. The number of amides is 1. The molecule has 0 radical (unpaired) electrons. The summed E-state index contributed by atoms with van der Waals surface area (Å²) in [7, 11) is 1.72. The summed E-state index contributed by atoms with van der Waals surface area (Å²) >= 11 is 3.19. The monoisotopic (exact) mass is 320 g/mol. The van der Waals surface area contributed by atoms with Crippen molar-refractivity contribution in [3.05, 3.63) is 58.3 Å². The molecule has 0 saturated carbocycles. The summed E-state index contributed by atoms with van der Waals surface area (Å²) in [6, 6.07) is 8.52. The lowest BCUT2D eigenvalue weighted by atomic mass is 10.2. The van der Waals surface area contributed by atoms with Gasteiger partial charge in [0.15, 0.2) is 0 Å². The maximum atomic E-state index is 12.2. The SMILES string of the molecule is CN(Cc1cccnc1)C(=O)c1ccc(Br)c(O)c1. The van der Waals surface area contributed by atoms with Crippen LogP contribution in [0.3, 0.4) is 0 Å². The van der Waals surface area contributed by atoms with Crippen molar-refractivity contribution in [2.75, 3.05) is 7.05 Å². The van der Waals surface area contributed by atoms with E-state index in [1.54, 1.807) is 36.5 Å². The van der Waals surface area contributed by atoms with E-state index >= 15 is 0 Å². The highest BCUT2D eigenvalue weighted by Crippen LogP contribution is 2.24. The van der Waals surface area contributed by atoms with Gasteiger partial charge in [0.05, 0.1) is 4.47 Å². The summed E-state index contributed by atoms with van der Waals surface area (Å²) < 4.78 is 0.568. The Morgan fingerprint density at radius 3 is 2.84 bits per heavy atom. The van der Waals surface area contributed by atoms with Crippen LogP contribution < -0.4 is 0 Å². The molecule has 0 saturated heterocycles. The second-order valence-electron chi connectivity index (χ2n) is 4.19. The average Bonchev–Trinajstić information content (AvgIpc) is 2.42. The van der Waals surface area contributed by atoms with Gasteiger partial charge in [-0.2, -0.15) is 0 Å². The summed E-state index contributed by atoms with van der Waals surface area (Å²) in [5.41, 5.74) is 1.41. The van der Waals surface area contributed by atoms with Gasteiger partial charge in [0, 0.05) is 31.5 Å². The normalized spacial score (nSPS) is 10.2.